The monoisotopic (exact) mass is 350 g/mol. The number of hydrogen-bond donors (Lipinski definition) is 2. The summed E-state index contributed by atoms with van der Waals surface area (Å²) in [6, 6.07) is 8.32. The molecular weight excluding hydrogens is 337 g/mol. The zero-order valence-corrected chi connectivity index (χ0v) is 13.0. The van der Waals surface area contributed by atoms with Gasteiger partial charge in [0.2, 0.25) is 11.8 Å². The highest BCUT2D eigenvalue weighted by molar-refractivity contribution is 5.56. The summed E-state index contributed by atoms with van der Waals surface area (Å²) < 4.78 is 50.5. The fraction of sp³-hybridized carbons (Fsp3) is 0.250. The topological polar surface area (TPSA) is 96.9 Å². The number of allylic oxidation sites excluding steroid dienone is 1. The van der Waals surface area contributed by atoms with Gasteiger partial charge in [-0.15, -0.1) is 5.10 Å². The maximum absolute atomic E-state index is 13.3. The van der Waals surface area contributed by atoms with Crippen molar-refractivity contribution < 1.29 is 22.6 Å². The van der Waals surface area contributed by atoms with E-state index < -0.39 is 17.8 Å². The van der Waals surface area contributed by atoms with Gasteiger partial charge >= 0.3 is 6.18 Å². The van der Waals surface area contributed by atoms with Gasteiger partial charge < -0.3 is 15.2 Å². The molecule has 25 heavy (non-hydrogen) atoms. The number of benzene rings is 1. The number of aromatic amines is 1. The van der Waals surface area contributed by atoms with E-state index >= 15 is 0 Å². The van der Waals surface area contributed by atoms with Gasteiger partial charge in [-0.2, -0.15) is 18.4 Å². The summed E-state index contributed by atoms with van der Waals surface area (Å²) in [5.74, 6) is -1.16. The van der Waals surface area contributed by atoms with Gasteiger partial charge in [-0.05, 0) is 24.6 Å². The molecule has 2 heterocycles. The number of hydrogen-bond acceptors (Lipinski definition) is 5. The molecule has 0 aliphatic carbocycles. The van der Waals surface area contributed by atoms with Crippen molar-refractivity contribution in [3.05, 3.63) is 52.5 Å². The van der Waals surface area contributed by atoms with Crippen LogP contribution < -0.4 is 15.2 Å². The van der Waals surface area contributed by atoms with Crippen molar-refractivity contribution in [3.63, 3.8) is 0 Å². The number of ether oxygens (including phenoxy) is 2. The Kier molecular flexibility index (Phi) is 4.04. The van der Waals surface area contributed by atoms with Crippen LogP contribution in [0, 0.1) is 11.3 Å². The lowest BCUT2D eigenvalue weighted by Gasteiger charge is -2.24. The number of nitriles is 1. The van der Waals surface area contributed by atoms with Crippen LogP contribution in [0.4, 0.5) is 13.2 Å². The SMILES string of the molecule is CCOc1cccc(C2C(C#N)=C(N)Oc3n[nH]c(C(F)(F)F)c32)c1. The van der Waals surface area contributed by atoms with Gasteiger partial charge in [0.05, 0.1) is 18.1 Å². The first-order chi connectivity index (χ1) is 11.9. The highest BCUT2D eigenvalue weighted by Gasteiger charge is 2.44. The maximum Gasteiger partial charge on any atom is 0.433 e. The van der Waals surface area contributed by atoms with Crippen LogP contribution >= 0.6 is 0 Å². The smallest absolute Gasteiger partial charge is 0.433 e. The Morgan fingerprint density at radius 3 is 2.84 bits per heavy atom. The van der Waals surface area contributed by atoms with Crippen LogP contribution in [-0.4, -0.2) is 16.8 Å². The van der Waals surface area contributed by atoms with Crippen LogP contribution in [0.15, 0.2) is 35.7 Å². The summed E-state index contributed by atoms with van der Waals surface area (Å²) in [5, 5.41) is 14.9. The highest BCUT2D eigenvalue weighted by atomic mass is 19.4. The first kappa shape index (κ1) is 16.7. The van der Waals surface area contributed by atoms with Crippen molar-refractivity contribution in [3.8, 4) is 17.7 Å². The molecule has 1 aliphatic rings. The van der Waals surface area contributed by atoms with E-state index in [9.17, 15) is 18.4 Å². The minimum absolute atomic E-state index is 0.118. The maximum atomic E-state index is 13.3. The van der Waals surface area contributed by atoms with Gasteiger partial charge in [-0.1, -0.05) is 12.1 Å². The van der Waals surface area contributed by atoms with Crippen molar-refractivity contribution in [1.29, 1.82) is 5.26 Å². The molecule has 6 nitrogen and oxygen atoms in total. The quantitative estimate of drug-likeness (QED) is 0.887. The number of rotatable bonds is 3. The van der Waals surface area contributed by atoms with Gasteiger partial charge in [0.25, 0.3) is 0 Å². The Bertz CT molecular complexity index is 880. The average molecular weight is 350 g/mol. The van der Waals surface area contributed by atoms with Gasteiger partial charge in [-0.3, -0.25) is 5.10 Å². The summed E-state index contributed by atoms with van der Waals surface area (Å²) in [4.78, 5) is 0. The molecule has 3 N–H and O–H groups in total. The third-order valence-electron chi connectivity index (χ3n) is 3.72. The Balaban J connectivity index is 2.22. The molecule has 3 rings (SSSR count). The molecule has 0 bridgehead atoms. The Morgan fingerprint density at radius 1 is 1.44 bits per heavy atom. The van der Waals surface area contributed by atoms with E-state index in [0.717, 1.165) is 0 Å². The number of fused-ring (bicyclic) bond motifs is 1. The van der Waals surface area contributed by atoms with E-state index in [4.69, 9.17) is 15.2 Å². The molecule has 0 spiro atoms. The molecule has 130 valence electrons. The molecule has 1 aromatic heterocycles. The number of nitrogens with two attached hydrogens (primary N) is 1. The summed E-state index contributed by atoms with van der Waals surface area (Å²) in [7, 11) is 0. The van der Waals surface area contributed by atoms with Crippen molar-refractivity contribution in [2.45, 2.75) is 19.0 Å². The van der Waals surface area contributed by atoms with Gasteiger partial charge in [0.15, 0.2) is 0 Å². The lowest BCUT2D eigenvalue weighted by Crippen LogP contribution is -2.22. The fourth-order valence-electron chi connectivity index (χ4n) is 2.75. The predicted octanol–water partition coefficient (Wildman–Crippen LogP) is 3.05. The van der Waals surface area contributed by atoms with Gasteiger partial charge in [-0.25, -0.2) is 0 Å². The van der Waals surface area contributed by atoms with E-state index in [1.807, 2.05) is 11.2 Å². The molecule has 0 fully saturated rings. The number of nitrogens with one attached hydrogen (secondary N) is 1. The number of halogens is 3. The molecule has 0 amide bonds. The predicted molar refractivity (Wildman–Crippen MR) is 80.5 cm³/mol. The highest BCUT2D eigenvalue weighted by Crippen LogP contribution is 2.47. The van der Waals surface area contributed by atoms with Crippen molar-refractivity contribution in [1.82, 2.24) is 10.2 Å². The third kappa shape index (κ3) is 2.87. The van der Waals surface area contributed by atoms with E-state index in [0.29, 0.717) is 17.9 Å². The van der Waals surface area contributed by atoms with Crippen LogP contribution in [0.25, 0.3) is 0 Å². The lowest BCUT2D eigenvalue weighted by atomic mass is 9.84. The summed E-state index contributed by atoms with van der Waals surface area (Å²) in [6.45, 7) is 2.18. The second-order valence-electron chi connectivity index (χ2n) is 5.25. The van der Waals surface area contributed by atoms with E-state index in [1.165, 1.54) is 0 Å². The van der Waals surface area contributed by atoms with E-state index in [-0.39, 0.29) is 22.9 Å². The largest absolute Gasteiger partial charge is 0.494 e. The van der Waals surface area contributed by atoms with Crippen LogP contribution in [-0.2, 0) is 6.18 Å². The number of alkyl halides is 3. The lowest BCUT2D eigenvalue weighted by molar-refractivity contribution is -0.141. The van der Waals surface area contributed by atoms with Crippen LogP contribution in [0.2, 0.25) is 0 Å². The average Bonchev–Trinajstić information content (AvgIpc) is 2.97. The van der Waals surface area contributed by atoms with Crippen LogP contribution in [0.5, 0.6) is 11.6 Å². The Morgan fingerprint density at radius 2 is 2.20 bits per heavy atom. The molecule has 1 aliphatic heterocycles. The molecule has 1 aromatic carbocycles. The zero-order chi connectivity index (χ0) is 18.2. The van der Waals surface area contributed by atoms with Crippen molar-refractivity contribution in [2.24, 2.45) is 5.73 Å². The number of aromatic nitrogens is 2. The van der Waals surface area contributed by atoms with Gasteiger partial charge in [0, 0.05) is 0 Å². The first-order valence-corrected chi connectivity index (χ1v) is 7.32. The second kappa shape index (κ2) is 6.05. The minimum atomic E-state index is -4.69. The molecular formula is C16H13F3N4O2. The molecule has 0 saturated carbocycles. The van der Waals surface area contributed by atoms with Crippen LogP contribution in [0.1, 0.15) is 29.7 Å². The minimum Gasteiger partial charge on any atom is -0.494 e. The molecule has 0 saturated heterocycles. The molecule has 1 atom stereocenters. The standard InChI is InChI=1S/C16H13F3N4O2/c1-2-24-9-5-3-4-8(6-9)11-10(7-20)14(21)25-15-12(11)13(22-23-15)16(17,18)19/h3-6,11H,2,21H2,1H3,(H,22,23). The Labute approximate surface area is 140 Å². The zero-order valence-electron chi connectivity index (χ0n) is 13.0. The fourth-order valence-corrected chi connectivity index (χ4v) is 2.75. The molecule has 2 aromatic rings. The van der Waals surface area contributed by atoms with E-state index in [1.54, 1.807) is 31.2 Å². The molecule has 0 radical (unpaired) electrons. The summed E-state index contributed by atoms with van der Waals surface area (Å²) in [6.07, 6.45) is -4.69. The Hall–Kier alpha value is -3.15. The summed E-state index contributed by atoms with van der Waals surface area (Å²) >= 11 is 0. The molecule has 9 heteroatoms. The van der Waals surface area contributed by atoms with Crippen molar-refractivity contribution >= 4 is 0 Å². The van der Waals surface area contributed by atoms with Gasteiger partial charge in [0.1, 0.15) is 23.1 Å². The third-order valence-corrected chi connectivity index (χ3v) is 3.72. The van der Waals surface area contributed by atoms with Crippen molar-refractivity contribution in [2.75, 3.05) is 6.61 Å². The second-order valence-corrected chi connectivity index (χ2v) is 5.25. The van der Waals surface area contributed by atoms with E-state index in [2.05, 4.69) is 5.10 Å². The summed E-state index contributed by atoms with van der Waals surface area (Å²) in [5.41, 5.74) is 4.67. The molecule has 1 unspecified atom stereocenters. The number of H-pyrrole nitrogens is 1. The number of nitrogens with zero attached hydrogens (tertiary/aromatic N) is 2. The first-order valence-electron chi connectivity index (χ1n) is 7.32. The van der Waals surface area contributed by atoms with Crippen LogP contribution in [0.3, 0.4) is 0 Å². The normalized spacial score (nSPS) is 16.8.